The zero-order chi connectivity index (χ0) is 26.9. The first kappa shape index (κ1) is 28.3. The number of alkyl carbamates (subject to hydrolysis) is 1. The SMILES string of the molecule is Cc1ccc(B2OC(C)(C)C(C)(C)O2)cc1/C(=C/C[C@H](NC(=O)OC(C)(C)C)C(=O)O)C1CCCC1. The minimum absolute atomic E-state index is 0.167. The average molecular weight is 499 g/mol. The fourth-order valence-electron chi connectivity index (χ4n) is 4.73. The Balaban J connectivity index is 1.91. The highest BCUT2D eigenvalue weighted by Crippen LogP contribution is 2.39. The number of hydrogen-bond acceptors (Lipinski definition) is 5. The Labute approximate surface area is 216 Å². The van der Waals surface area contributed by atoms with E-state index in [0.29, 0.717) is 5.92 Å². The number of hydrogen-bond donors (Lipinski definition) is 2. The second kappa shape index (κ2) is 10.6. The largest absolute Gasteiger partial charge is 0.494 e. The van der Waals surface area contributed by atoms with Crippen LogP contribution in [0.1, 0.15) is 91.7 Å². The normalized spacial score (nSPS) is 20.9. The van der Waals surface area contributed by atoms with E-state index in [9.17, 15) is 14.7 Å². The van der Waals surface area contributed by atoms with Crippen molar-refractivity contribution in [2.45, 2.75) is 110 Å². The van der Waals surface area contributed by atoms with Crippen molar-refractivity contribution in [2.75, 3.05) is 0 Å². The molecule has 0 spiro atoms. The number of rotatable bonds is 7. The lowest BCUT2D eigenvalue weighted by Crippen LogP contribution is -2.43. The summed E-state index contributed by atoms with van der Waals surface area (Å²) in [4.78, 5) is 24.2. The lowest BCUT2D eigenvalue weighted by Gasteiger charge is -2.32. The van der Waals surface area contributed by atoms with E-state index in [1.165, 1.54) is 0 Å². The van der Waals surface area contributed by atoms with Crippen LogP contribution in [-0.2, 0) is 18.8 Å². The van der Waals surface area contributed by atoms with Crippen LogP contribution in [0.5, 0.6) is 0 Å². The molecule has 1 amide bonds. The van der Waals surface area contributed by atoms with Crippen molar-refractivity contribution in [3.05, 3.63) is 35.4 Å². The van der Waals surface area contributed by atoms with Gasteiger partial charge in [0.25, 0.3) is 0 Å². The molecular formula is C28H42BNO6. The molecule has 1 aromatic carbocycles. The summed E-state index contributed by atoms with van der Waals surface area (Å²) in [5, 5.41) is 12.3. The number of aryl methyl sites for hydroxylation is 1. The van der Waals surface area contributed by atoms with Crippen molar-refractivity contribution in [3.63, 3.8) is 0 Å². The van der Waals surface area contributed by atoms with Gasteiger partial charge in [0.05, 0.1) is 11.2 Å². The number of benzene rings is 1. The smallest absolute Gasteiger partial charge is 0.480 e. The average Bonchev–Trinajstić information content (AvgIpc) is 3.33. The van der Waals surface area contributed by atoms with E-state index in [2.05, 4.69) is 24.4 Å². The number of nitrogens with one attached hydrogen (secondary N) is 1. The lowest BCUT2D eigenvalue weighted by atomic mass is 9.76. The molecule has 2 N–H and O–H groups in total. The molecule has 1 atom stereocenters. The summed E-state index contributed by atoms with van der Waals surface area (Å²) in [5.41, 5.74) is 2.68. The van der Waals surface area contributed by atoms with Gasteiger partial charge >= 0.3 is 19.2 Å². The number of aliphatic carboxylic acids is 1. The van der Waals surface area contributed by atoms with Crippen LogP contribution in [0.2, 0.25) is 0 Å². The summed E-state index contributed by atoms with van der Waals surface area (Å²) >= 11 is 0. The highest BCUT2D eigenvalue weighted by Gasteiger charge is 2.51. The maximum atomic E-state index is 12.3. The third kappa shape index (κ3) is 6.71. The van der Waals surface area contributed by atoms with E-state index in [1.807, 2.05) is 39.8 Å². The topological polar surface area (TPSA) is 94.1 Å². The molecule has 7 nitrogen and oxygen atoms in total. The molecule has 0 aromatic heterocycles. The Kier molecular flexibility index (Phi) is 8.31. The molecule has 8 heteroatoms. The van der Waals surface area contributed by atoms with Crippen molar-refractivity contribution < 1.29 is 28.7 Å². The second-order valence-electron chi connectivity index (χ2n) is 12.1. The van der Waals surface area contributed by atoms with Crippen LogP contribution >= 0.6 is 0 Å². The molecule has 0 bridgehead atoms. The molecule has 3 rings (SSSR count). The third-order valence-corrected chi connectivity index (χ3v) is 7.46. The molecule has 2 aliphatic rings. The Bertz CT molecular complexity index is 988. The summed E-state index contributed by atoms with van der Waals surface area (Å²) in [6.07, 6.45) is 5.84. The van der Waals surface area contributed by atoms with Gasteiger partial charge in [-0.3, -0.25) is 0 Å². The van der Waals surface area contributed by atoms with Crippen LogP contribution in [0.4, 0.5) is 4.79 Å². The first-order valence-corrected chi connectivity index (χ1v) is 13.0. The summed E-state index contributed by atoms with van der Waals surface area (Å²) in [5.74, 6) is -0.751. The van der Waals surface area contributed by atoms with Crippen LogP contribution in [-0.4, -0.2) is 47.1 Å². The molecule has 1 aliphatic carbocycles. The van der Waals surface area contributed by atoms with Gasteiger partial charge in [0.15, 0.2) is 0 Å². The van der Waals surface area contributed by atoms with Gasteiger partial charge in [-0.2, -0.15) is 0 Å². The molecule has 1 aliphatic heterocycles. The van der Waals surface area contributed by atoms with Crippen LogP contribution < -0.4 is 10.8 Å². The molecule has 0 unspecified atom stereocenters. The van der Waals surface area contributed by atoms with E-state index < -0.39 is 42.0 Å². The van der Waals surface area contributed by atoms with E-state index in [-0.39, 0.29) is 6.42 Å². The zero-order valence-electron chi connectivity index (χ0n) is 23.1. The van der Waals surface area contributed by atoms with Gasteiger partial charge in [0.1, 0.15) is 11.6 Å². The second-order valence-corrected chi connectivity index (χ2v) is 12.1. The summed E-state index contributed by atoms with van der Waals surface area (Å²) in [7, 11) is -0.472. The molecule has 1 heterocycles. The van der Waals surface area contributed by atoms with E-state index in [1.54, 1.807) is 20.8 Å². The standard InChI is InChI=1S/C28H42BNO6/c1-18-13-14-20(29-35-27(5,6)28(7,8)36-29)17-22(18)21(19-11-9-10-12-19)15-16-23(24(31)32)30-25(33)34-26(2,3)4/h13-15,17,19,23H,9-12,16H2,1-8H3,(H,30,33)(H,31,32)/b21-15+/t23-/m0/s1. The summed E-state index contributed by atoms with van der Waals surface area (Å²) in [6.45, 7) is 15.5. The highest BCUT2D eigenvalue weighted by molar-refractivity contribution is 6.62. The van der Waals surface area contributed by atoms with E-state index >= 15 is 0 Å². The maximum absolute atomic E-state index is 12.3. The van der Waals surface area contributed by atoms with Crippen LogP contribution in [0.3, 0.4) is 0 Å². The van der Waals surface area contributed by atoms with Crippen LogP contribution in [0.25, 0.3) is 5.57 Å². The number of ether oxygens (including phenoxy) is 1. The van der Waals surface area contributed by atoms with E-state index in [0.717, 1.165) is 47.8 Å². The van der Waals surface area contributed by atoms with Crippen molar-refractivity contribution >= 4 is 30.2 Å². The highest BCUT2D eigenvalue weighted by atomic mass is 16.7. The Morgan fingerprint density at radius 3 is 2.28 bits per heavy atom. The zero-order valence-corrected chi connectivity index (χ0v) is 23.1. The number of carbonyl (C=O) groups excluding carboxylic acids is 1. The number of carboxylic acid groups (broad SMARTS) is 1. The van der Waals surface area contributed by atoms with Crippen molar-refractivity contribution in [2.24, 2.45) is 5.92 Å². The fourth-order valence-corrected chi connectivity index (χ4v) is 4.73. The molecule has 198 valence electrons. The maximum Gasteiger partial charge on any atom is 0.494 e. The van der Waals surface area contributed by atoms with Crippen molar-refractivity contribution in [3.8, 4) is 0 Å². The van der Waals surface area contributed by atoms with Gasteiger partial charge in [-0.15, -0.1) is 0 Å². The molecule has 1 aromatic rings. The number of carbonyl (C=O) groups is 2. The third-order valence-electron chi connectivity index (χ3n) is 7.46. The molecular weight excluding hydrogens is 457 g/mol. The molecule has 2 fully saturated rings. The van der Waals surface area contributed by atoms with Crippen LogP contribution in [0.15, 0.2) is 24.3 Å². The van der Waals surface area contributed by atoms with Gasteiger partial charge in [-0.05, 0) is 103 Å². The molecule has 1 saturated heterocycles. The van der Waals surface area contributed by atoms with Gasteiger partial charge < -0.3 is 24.5 Å². The Morgan fingerprint density at radius 2 is 1.75 bits per heavy atom. The van der Waals surface area contributed by atoms with Gasteiger partial charge in [0.2, 0.25) is 0 Å². The first-order valence-electron chi connectivity index (χ1n) is 13.0. The summed E-state index contributed by atoms with van der Waals surface area (Å²) < 4.78 is 17.8. The lowest BCUT2D eigenvalue weighted by molar-refractivity contribution is -0.139. The van der Waals surface area contributed by atoms with E-state index in [4.69, 9.17) is 14.0 Å². The van der Waals surface area contributed by atoms with Crippen molar-refractivity contribution in [1.82, 2.24) is 5.32 Å². The van der Waals surface area contributed by atoms with Crippen LogP contribution in [0, 0.1) is 12.8 Å². The quantitative estimate of drug-likeness (QED) is 0.499. The predicted octanol–water partition coefficient (Wildman–Crippen LogP) is 5.24. The fraction of sp³-hybridized carbons (Fsp3) is 0.643. The number of amides is 1. The monoisotopic (exact) mass is 499 g/mol. The molecule has 1 saturated carbocycles. The minimum Gasteiger partial charge on any atom is -0.480 e. The first-order chi connectivity index (χ1) is 16.6. The Morgan fingerprint density at radius 1 is 1.17 bits per heavy atom. The number of carboxylic acids is 1. The molecule has 0 radical (unpaired) electrons. The minimum atomic E-state index is -1.09. The summed E-state index contributed by atoms with van der Waals surface area (Å²) in [6, 6.07) is 5.16. The van der Waals surface area contributed by atoms with Gasteiger partial charge in [0, 0.05) is 0 Å². The number of allylic oxidation sites excluding steroid dienone is 1. The van der Waals surface area contributed by atoms with Crippen molar-refractivity contribution in [1.29, 1.82) is 0 Å². The molecule has 36 heavy (non-hydrogen) atoms. The predicted molar refractivity (Wildman–Crippen MR) is 142 cm³/mol. The van der Waals surface area contributed by atoms with Gasteiger partial charge in [-0.25, -0.2) is 9.59 Å². The Hall–Kier alpha value is -2.32. The van der Waals surface area contributed by atoms with Gasteiger partial charge in [-0.1, -0.05) is 37.1 Å².